The lowest BCUT2D eigenvalue weighted by Gasteiger charge is -2.34. The Morgan fingerprint density at radius 3 is 2.45 bits per heavy atom. The normalized spacial score (nSPS) is 34.0. The van der Waals surface area contributed by atoms with Crippen LogP contribution >= 0.6 is 11.3 Å². The van der Waals surface area contributed by atoms with E-state index in [2.05, 4.69) is 39.5 Å². The molecule has 2 saturated carbocycles. The number of carbonyl (C=O) groups excluding carboxylic acids is 3. The van der Waals surface area contributed by atoms with Crippen molar-refractivity contribution < 1.29 is 29.0 Å². The van der Waals surface area contributed by atoms with Gasteiger partial charge in [0.25, 0.3) is 0 Å². The van der Waals surface area contributed by atoms with Crippen LogP contribution < -0.4 is 4.90 Å². The van der Waals surface area contributed by atoms with Crippen LogP contribution in [0, 0.1) is 46.3 Å². The van der Waals surface area contributed by atoms with Gasteiger partial charge < -0.3 is 14.7 Å². The number of hydrogen-bond acceptors (Lipinski definition) is 6. The largest absolute Gasteiger partial charge is 0.477 e. The molecule has 2 amide bonds. The first kappa shape index (κ1) is 29.4. The Hall–Kier alpha value is -2.70. The average Bonchev–Trinajstić information content (AvgIpc) is 3.39. The maximum absolute atomic E-state index is 14.4. The van der Waals surface area contributed by atoms with Gasteiger partial charge in [-0.15, -0.1) is 11.3 Å². The van der Waals surface area contributed by atoms with E-state index in [-0.39, 0.29) is 57.4 Å². The molecule has 2 saturated heterocycles. The second-order valence-corrected chi connectivity index (χ2v) is 15.6. The third-order valence-electron chi connectivity index (χ3n) is 10.3. The summed E-state index contributed by atoms with van der Waals surface area (Å²) in [5.41, 5.74) is -0.135. The van der Waals surface area contributed by atoms with Crippen LogP contribution in [0.5, 0.6) is 0 Å². The van der Waals surface area contributed by atoms with Gasteiger partial charge in [-0.2, -0.15) is 0 Å². The molecule has 6 rings (SSSR count). The van der Waals surface area contributed by atoms with Crippen molar-refractivity contribution in [3.05, 3.63) is 15.3 Å². The van der Waals surface area contributed by atoms with Crippen LogP contribution in [0.1, 0.15) is 104 Å². The Bertz CT molecular complexity index is 1400. The summed E-state index contributed by atoms with van der Waals surface area (Å²) in [6, 6.07) is -0.864. The standard InChI is InChI=1S/C33H42N2O6S/c1-17-18(10-13-32(2,3)4)8-7-9-20(17)27-22-25(28(42-27)31(39)40)35(30(38)24-23(26(22)36)33(24,5)6)21-11-14-34(29(21)37)19-12-15-41-16-19/h17-21,23-24H,7-9,11-12,14-16H2,1-6H3,(H,39,40)/t17?,18?,19-,20?,21-,23-,24-/m0/s1. The van der Waals surface area contributed by atoms with E-state index in [1.165, 1.54) is 4.90 Å². The summed E-state index contributed by atoms with van der Waals surface area (Å²) in [4.78, 5) is 59.4. The molecule has 4 heterocycles. The van der Waals surface area contributed by atoms with Crippen molar-refractivity contribution in [2.75, 3.05) is 24.7 Å². The number of carbonyl (C=O) groups is 4. The van der Waals surface area contributed by atoms with Gasteiger partial charge in [-0.25, -0.2) is 4.79 Å². The summed E-state index contributed by atoms with van der Waals surface area (Å²) >= 11 is 1.14. The van der Waals surface area contributed by atoms with Gasteiger partial charge >= 0.3 is 5.97 Å². The molecule has 3 unspecified atom stereocenters. The Morgan fingerprint density at radius 1 is 1.07 bits per heavy atom. The number of anilines is 1. The molecule has 9 heteroatoms. The van der Waals surface area contributed by atoms with Gasteiger partial charge in [0.1, 0.15) is 10.9 Å². The quantitative estimate of drug-likeness (QED) is 0.480. The van der Waals surface area contributed by atoms with Gasteiger partial charge in [0.2, 0.25) is 11.8 Å². The molecule has 0 radical (unpaired) electrons. The molecule has 0 aromatic carbocycles. The van der Waals surface area contributed by atoms with Gasteiger partial charge in [0, 0.05) is 35.3 Å². The van der Waals surface area contributed by atoms with Crippen molar-refractivity contribution in [3.63, 3.8) is 0 Å². The number of amides is 2. The maximum Gasteiger partial charge on any atom is 0.348 e. The predicted molar refractivity (Wildman–Crippen MR) is 160 cm³/mol. The second-order valence-electron chi connectivity index (χ2n) is 14.5. The SMILES string of the molecule is CC1C(C#CC(C)(C)C)CCCC1c1sc(C(=O)O)c2c1C(=O)[C@@H]1[C@@H](C(=O)N2[C@H]2CCN([C@H]3CCOC3)C2=O)C1(C)C. The molecule has 1 aromatic rings. The molecule has 0 bridgehead atoms. The fraction of sp³-hybridized carbons (Fsp3) is 0.697. The summed E-state index contributed by atoms with van der Waals surface area (Å²) in [5, 5.41) is 10.5. The maximum atomic E-state index is 14.4. The smallest absolute Gasteiger partial charge is 0.348 e. The van der Waals surface area contributed by atoms with Crippen LogP contribution in [-0.2, 0) is 14.3 Å². The highest BCUT2D eigenvalue weighted by atomic mass is 32.1. The van der Waals surface area contributed by atoms with Crippen LogP contribution in [0.15, 0.2) is 0 Å². The van der Waals surface area contributed by atoms with Gasteiger partial charge in [-0.05, 0) is 63.7 Å². The second kappa shape index (κ2) is 10.2. The lowest BCUT2D eigenvalue weighted by atomic mass is 9.71. The van der Waals surface area contributed by atoms with Gasteiger partial charge in [0.05, 0.1) is 29.8 Å². The molecule has 7 atom stereocenters. The number of nitrogens with zero attached hydrogens (tertiary/aromatic N) is 2. The van der Waals surface area contributed by atoms with Crippen molar-refractivity contribution in [2.24, 2.45) is 34.5 Å². The molecule has 2 aliphatic carbocycles. The number of Topliss-reactive ketones (excluding diaryl/α,β-unsaturated/α-hetero) is 1. The van der Waals surface area contributed by atoms with Crippen molar-refractivity contribution in [1.82, 2.24) is 4.90 Å². The van der Waals surface area contributed by atoms with E-state index in [0.717, 1.165) is 41.9 Å². The monoisotopic (exact) mass is 594 g/mol. The molecule has 3 aliphatic heterocycles. The topological polar surface area (TPSA) is 104 Å². The van der Waals surface area contributed by atoms with E-state index in [9.17, 15) is 24.3 Å². The number of likely N-dealkylation sites (tertiary alicyclic amines) is 1. The highest BCUT2D eigenvalue weighted by Crippen LogP contribution is 2.64. The highest BCUT2D eigenvalue weighted by molar-refractivity contribution is 7.15. The van der Waals surface area contributed by atoms with Crippen molar-refractivity contribution in [1.29, 1.82) is 0 Å². The number of ketones is 1. The summed E-state index contributed by atoms with van der Waals surface area (Å²) in [6.45, 7) is 13.8. The lowest BCUT2D eigenvalue weighted by Crippen LogP contribution is -2.49. The highest BCUT2D eigenvalue weighted by Gasteiger charge is 2.69. The van der Waals surface area contributed by atoms with E-state index < -0.39 is 29.3 Å². The Labute approximate surface area is 252 Å². The summed E-state index contributed by atoms with van der Waals surface area (Å²) in [5.74, 6) is 4.24. The minimum absolute atomic E-state index is 0.00800. The summed E-state index contributed by atoms with van der Waals surface area (Å²) in [7, 11) is 0. The number of thiophene rings is 1. The number of carboxylic acid groups (broad SMARTS) is 1. The molecular formula is C33H42N2O6S. The minimum atomic E-state index is -1.16. The zero-order valence-electron chi connectivity index (χ0n) is 25.5. The molecule has 226 valence electrons. The zero-order chi connectivity index (χ0) is 30.3. The van der Waals surface area contributed by atoms with Crippen molar-refractivity contribution in [2.45, 2.75) is 91.6 Å². The van der Waals surface area contributed by atoms with Crippen molar-refractivity contribution >= 4 is 40.6 Å². The number of fused-ring (bicyclic) bond motifs is 2. The van der Waals surface area contributed by atoms with Crippen LogP contribution in [0.2, 0.25) is 0 Å². The van der Waals surface area contributed by atoms with Crippen LogP contribution in [0.25, 0.3) is 0 Å². The molecule has 1 N–H and O–H groups in total. The first-order valence-corrected chi connectivity index (χ1v) is 16.2. The third-order valence-corrected chi connectivity index (χ3v) is 11.6. The van der Waals surface area contributed by atoms with E-state index in [1.807, 2.05) is 13.8 Å². The van der Waals surface area contributed by atoms with Gasteiger partial charge in [-0.1, -0.05) is 39.0 Å². The molecule has 1 aromatic heterocycles. The molecule has 42 heavy (non-hydrogen) atoms. The van der Waals surface area contributed by atoms with Gasteiger partial charge in [-0.3, -0.25) is 19.3 Å². The average molecular weight is 595 g/mol. The Morgan fingerprint density at radius 2 is 1.81 bits per heavy atom. The lowest BCUT2D eigenvalue weighted by molar-refractivity contribution is -0.133. The molecule has 4 fully saturated rings. The molecule has 5 aliphatic rings. The summed E-state index contributed by atoms with van der Waals surface area (Å²) in [6.07, 6.45) is 3.88. The number of carboxylic acids is 1. The zero-order valence-corrected chi connectivity index (χ0v) is 26.3. The van der Waals surface area contributed by atoms with E-state index in [1.54, 1.807) is 4.90 Å². The Balaban J connectivity index is 1.47. The number of ether oxygens (including phenoxy) is 1. The van der Waals surface area contributed by atoms with E-state index in [4.69, 9.17) is 4.74 Å². The van der Waals surface area contributed by atoms with Crippen LogP contribution in [0.4, 0.5) is 5.69 Å². The van der Waals surface area contributed by atoms with Gasteiger partial charge in [0.15, 0.2) is 5.78 Å². The molecule has 0 spiro atoms. The van der Waals surface area contributed by atoms with E-state index in [0.29, 0.717) is 31.7 Å². The number of hydrogen-bond donors (Lipinski definition) is 1. The van der Waals surface area contributed by atoms with Crippen LogP contribution in [0.3, 0.4) is 0 Å². The fourth-order valence-electron chi connectivity index (χ4n) is 7.93. The Kier molecular flexibility index (Phi) is 7.13. The minimum Gasteiger partial charge on any atom is -0.477 e. The fourth-order valence-corrected chi connectivity index (χ4v) is 9.32. The first-order valence-electron chi connectivity index (χ1n) is 15.4. The molecule has 8 nitrogen and oxygen atoms in total. The van der Waals surface area contributed by atoms with Crippen molar-refractivity contribution in [3.8, 4) is 11.8 Å². The number of rotatable bonds is 4. The third kappa shape index (κ3) is 4.61. The van der Waals surface area contributed by atoms with E-state index >= 15 is 0 Å². The summed E-state index contributed by atoms with van der Waals surface area (Å²) < 4.78 is 5.53. The predicted octanol–water partition coefficient (Wildman–Crippen LogP) is 5.21. The van der Waals surface area contributed by atoms with Crippen LogP contribution in [-0.4, -0.2) is 65.4 Å². The first-order chi connectivity index (χ1) is 19.7. The molecular weight excluding hydrogens is 552 g/mol. The number of aromatic carboxylic acids is 1.